The summed E-state index contributed by atoms with van der Waals surface area (Å²) < 4.78 is 44.3. The maximum Gasteiger partial charge on any atom is 0.244 e. The molecule has 0 heterocycles. The van der Waals surface area contributed by atoms with E-state index in [9.17, 15) is 8.42 Å². The number of hydrogen-bond acceptors (Lipinski definition) is 5. The van der Waals surface area contributed by atoms with Gasteiger partial charge in [0.2, 0.25) is 10.0 Å². The van der Waals surface area contributed by atoms with Crippen molar-refractivity contribution in [3.63, 3.8) is 0 Å². The minimum Gasteiger partial charge on any atom is -0.495 e. The zero-order chi connectivity index (χ0) is 19.2. The molecule has 0 aliphatic rings. The predicted molar refractivity (Wildman–Crippen MR) is 104 cm³/mol. The van der Waals surface area contributed by atoms with E-state index in [0.29, 0.717) is 34.7 Å². The molecule has 2 rings (SSSR count). The maximum atomic E-state index is 12.6. The van der Waals surface area contributed by atoms with Gasteiger partial charge < -0.3 is 14.2 Å². The summed E-state index contributed by atoms with van der Waals surface area (Å²) in [5, 5.41) is 0. The van der Waals surface area contributed by atoms with Gasteiger partial charge >= 0.3 is 0 Å². The van der Waals surface area contributed by atoms with E-state index in [0.717, 1.165) is 5.56 Å². The molecule has 0 amide bonds. The van der Waals surface area contributed by atoms with Gasteiger partial charge in [-0.25, -0.2) is 13.1 Å². The number of nitrogens with one attached hydrogen (secondary N) is 1. The van der Waals surface area contributed by atoms with E-state index >= 15 is 0 Å². The highest BCUT2D eigenvalue weighted by Crippen LogP contribution is 2.29. The van der Waals surface area contributed by atoms with Crippen LogP contribution in [0.25, 0.3) is 0 Å². The Balaban J connectivity index is 2.08. The second-order valence-corrected chi connectivity index (χ2v) is 8.01. The fraction of sp³-hybridized carbons (Fsp3) is 0.333. The molecule has 0 saturated carbocycles. The molecule has 0 aromatic heterocycles. The van der Waals surface area contributed by atoms with Gasteiger partial charge in [-0.3, -0.25) is 0 Å². The van der Waals surface area contributed by atoms with E-state index in [1.807, 2.05) is 25.1 Å². The Kier molecular flexibility index (Phi) is 7.31. The average molecular weight is 444 g/mol. The number of methoxy groups -OCH3 is 2. The number of benzene rings is 2. The van der Waals surface area contributed by atoms with Gasteiger partial charge in [0.25, 0.3) is 0 Å². The van der Waals surface area contributed by atoms with Crippen LogP contribution in [0.5, 0.6) is 17.2 Å². The van der Waals surface area contributed by atoms with Crippen LogP contribution in [-0.4, -0.2) is 35.8 Å². The lowest BCUT2D eigenvalue weighted by molar-refractivity contribution is 0.310. The van der Waals surface area contributed by atoms with E-state index < -0.39 is 10.0 Å². The third-order valence-corrected chi connectivity index (χ3v) is 5.62. The molecule has 0 radical (unpaired) electrons. The standard InChI is InChI=1S/C18H22BrNO5S/c1-4-25-15-7-5-13(11-17(15)24-3)9-10-20-26(21,22)18-12-14(19)6-8-16(18)23-2/h5-8,11-12,20H,4,9-10H2,1-3H3. The third kappa shape index (κ3) is 5.12. The summed E-state index contributed by atoms with van der Waals surface area (Å²) in [5.74, 6) is 1.59. The van der Waals surface area contributed by atoms with E-state index in [4.69, 9.17) is 14.2 Å². The van der Waals surface area contributed by atoms with Crippen molar-refractivity contribution >= 4 is 26.0 Å². The Hall–Kier alpha value is -1.77. The highest BCUT2D eigenvalue weighted by atomic mass is 79.9. The lowest BCUT2D eigenvalue weighted by Gasteiger charge is -2.13. The summed E-state index contributed by atoms with van der Waals surface area (Å²) in [6.45, 7) is 2.69. The van der Waals surface area contributed by atoms with Crippen LogP contribution in [0.4, 0.5) is 0 Å². The molecule has 2 aromatic rings. The van der Waals surface area contributed by atoms with Crippen LogP contribution in [0.2, 0.25) is 0 Å². The van der Waals surface area contributed by atoms with Gasteiger partial charge in [-0.05, 0) is 49.2 Å². The second kappa shape index (κ2) is 9.25. The summed E-state index contributed by atoms with van der Waals surface area (Å²) in [7, 11) is -0.677. The first kappa shape index (κ1) is 20.5. The van der Waals surface area contributed by atoms with Gasteiger partial charge in [0.05, 0.1) is 20.8 Å². The van der Waals surface area contributed by atoms with Gasteiger partial charge in [0.1, 0.15) is 10.6 Å². The minimum absolute atomic E-state index is 0.0960. The van der Waals surface area contributed by atoms with Crippen molar-refractivity contribution in [1.29, 1.82) is 0 Å². The van der Waals surface area contributed by atoms with E-state index in [-0.39, 0.29) is 11.4 Å². The minimum atomic E-state index is -3.69. The Morgan fingerprint density at radius 2 is 1.69 bits per heavy atom. The molecule has 0 fully saturated rings. The maximum absolute atomic E-state index is 12.6. The van der Waals surface area contributed by atoms with E-state index in [2.05, 4.69) is 20.7 Å². The monoisotopic (exact) mass is 443 g/mol. The fourth-order valence-corrected chi connectivity index (χ4v) is 4.15. The van der Waals surface area contributed by atoms with Crippen molar-refractivity contribution in [2.24, 2.45) is 0 Å². The van der Waals surface area contributed by atoms with Crippen molar-refractivity contribution < 1.29 is 22.6 Å². The smallest absolute Gasteiger partial charge is 0.244 e. The van der Waals surface area contributed by atoms with Crippen molar-refractivity contribution in [2.45, 2.75) is 18.2 Å². The van der Waals surface area contributed by atoms with Crippen molar-refractivity contribution in [1.82, 2.24) is 4.72 Å². The van der Waals surface area contributed by atoms with Gasteiger partial charge in [0, 0.05) is 11.0 Å². The summed E-state index contributed by atoms with van der Waals surface area (Å²) in [5.41, 5.74) is 0.939. The molecule has 26 heavy (non-hydrogen) atoms. The Bertz CT molecular complexity index is 855. The number of rotatable bonds is 9. The van der Waals surface area contributed by atoms with Crippen LogP contribution >= 0.6 is 15.9 Å². The average Bonchev–Trinajstić information content (AvgIpc) is 2.63. The van der Waals surface area contributed by atoms with E-state index in [1.54, 1.807) is 19.2 Å². The third-order valence-electron chi connectivity index (χ3n) is 3.65. The molecule has 0 atom stereocenters. The largest absolute Gasteiger partial charge is 0.495 e. The second-order valence-electron chi connectivity index (χ2n) is 5.36. The molecule has 0 saturated heterocycles. The molecule has 142 valence electrons. The molecular weight excluding hydrogens is 422 g/mol. The first-order valence-electron chi connectivity index (χ1n) is 8.04. The Morgan fingerprint density at radius 3 is 2.35 bits per heavy atom. The molecular formula is C18H22BrNO5S. The fourth-order valence-electron chi connectivity index (χ4n) is 2.41. The van der Waals surface area contributed by atoms with E-state index in [1.165, 1.54) is 13.2 Å². The Morgan fingerprint density at radius 1 is 1.00 bits per heavy atom. The molecule has 2 aromatic carbocycles. The summed E-state index contributed by atoms with van der Waals surface area (Å²) >= 11 is 3.28. The summed E-state index contributed by atoms with van der Waals surface area (Å²) in [6, 6.07) is 10.4. The van der Waals surface area contributed by atoms with Crippen molar-refractivity contribution in [3.05, 3.63) is 46.4 Å². The number of halogens is 1. The zero-order valence-corrected chi connectivity index (χ0v) is 17.3. The van der Waals surface area contributed by atoms with Gasteiger partial charge in [-0.1, -0.05) is 22.0 Å². The van der Waals surface area contributed by atoms with Crippen LogP contribution in [0.3, 0.4) is 0 Å². The van der Waals surface area contributed by atoms with Crippen LogP contribution in [-0.2, 0) is 16.4 Å². The molecule has 0 bridgehead atoms. The lowest BCUT2D eigenvalue weighted by atomic mass is 10.1. The van der Waals surface area contributed by atoms with Crippen molar-refractivity contribution in [2.75, 3.05) is 27.4 Å². The summed E-state index contributed by atoms with van der Waals surface area (Å²) in [4.78, 5) is 0.0960. The molecule has 0 aliphatic carbocycles. The SMILES string of the molecule is CCOc1ccc(CCNS(=O)(=O)c2cc(Br)ccc2OC)cc1OC. The number of sulfonamides is 1. The quantitative estimate of drug-likeness (QED) is 0.642. The summed E-state index contributed by atoms with van der Waals surface area (Å²) in [6.07, 6.45) is 0.512. The first-order valence-corrected chi connectivity index (χ1v) is 10.3. The zero-order valence-electron chi connectivity index (χ0n) is 14.9. The Labute approximate surface area is 162 Å². The van der Waals surface area contributed by atoms with Crippen LogP contribution in [0, 0.1) is 0 Å². The van der Waals surface area contributed by atoms with Crippen molar-refractivity contribution in [3.8, 4) is 17.2 Å². The predicted octanol–water partition coefficient (Wildman–Crippen LogP) is 3.39. The molecule has 0 aliphatic heterocycles. The molecule has 1 N–H and O–H groups in total. The van der Waals surface area contributed by atoms with Gasteiger partial charge in [0.15, 0.2) is 11.5 Å². The number of hydrogen-bond donors (Lipinski definition) is 1. The van der Waals surface area contributed by atoms with Gasteiger partial charge in [-0.15, -0.1) is 0 Å². The van der Waals surface area contributed by atoms with Crippen LogP contribution in [0.15, 0.2) is 45.8 Å². The highest BCUT2D eigenvalue weighted by Gasteiger charge is 2.19. The normalized spacial score (nSPS) is 11.2. The molecule has 0 unspecified atom stereocenters. The lowest BCUT2D eigenvalue weighted by Crippen LogP contribution is -2.26. The highest BCUT2D eigenvalue weighted by molar-refractivity contribution is 9.10. The van der Waals surface area contributed by atoms with Crippen LogP contribution in [0.1, 0.15) is 12.5 Å². The number of ether oxygens (including phenoxy) is 3. The molecule has 8 heteroatoms. The molecule has 6 nitrogen and oxygen atoms in total. The van der Waals surface area contributed by atoms with Gasteiger partial charge in [-0.2, -0.15) is 0 Å². The topological polar surface area (TPSA) is 73.9 Å². The van der Waals surface area contributed by atoms with Crippen LogP contribution < -0.4 is 18.9 Å². The molecule has 0 spiro atoms. The first-order chi connectivity index (χ1) is 12.4.